The van der Waals surface area contributed by atoms with E-state index in [1.807, 2.05) is 6.92 Å². The van der Waals surface area contributed by atoms with Crippen LogP contribution < -0.4 is 15.8 Å². The summed E-state index contributed by atoms with van der Waals surface area (Å²) in [6, 6.07) is 5.27. The molecular formula is C12H16F3N3O. The van der Waals surface area contributed by atoms with E-state index in [9.17, 15) is 13.2 Å². The summed E-state index contributed by atoms with van der Waals surface area (Å²) in [6.07, 6.45) is -2.74. The van der Waals surface area contributed by atoms with Crippen molar-refractivity contribution in [3.05, 3.63) is 24.3 Å². The van der Waals surface area contributed by atoms with Gasteiger partial charge in [0.25, 0.3) is 0 Å². The number of nitrogens with zero attached hydrogens (tertiary/aromatic N) is 1. The maximum absolute atomic E-state index is 11.9. The standard InChI is InChI=1S/C12H16F3N3O/c1-2-3-8-17-11(16)18-9-4-6-10(7-5-9)19-12(13,14)15/h4-7H,2-3,8H2,1H3,(H3,16,17,18). The van der Waals surface area contributed by atoms with Crippen LogP contribution in [0.3, 0.4) is 0 Å². The summed E-state index contributed by atoms with van der Waals surface area (Å²) >= 11 is 0. The van der Waals surface area contributed by atoms with E-state index in [1.165, 1.54) is 24.3 Å². The first-order chi connectivity index (χ1) is 8.90. The molecule has 0 fully saturated rings. The van der Waals surface area contributed by atoms with Crippen LogP contribution in [-0.4, -0.2) is 18.9 Å². The molecule has 3 N–H and O–H groups in total. The molecule has 0 aliphatic rings. The van der Waals surface area contributed by atoms with E-state index in [0.29, 0.717) is 12.2 Å². The Kier molecular flexibility index (Phi) is 5.47. The highest BCUT2D eigenvalue weighted by atomic mass is 19.4. The van der Waals surface area contributed by atoms with Crippen LogP contribution in [0, 0.1) is 0 Å². The molecule has 0 amide bonds. The quantitative estimate of drug-likeness (QED) is 0.493. The molecule has 0 saturated carbocycles. The number of aliphatic imine (C=N–C) groups is 1. The number of benzene rings is 1. The van der Waals surface area contributed by atoms with Crippen molar-refractivity contribution in [2.24, 2.45) is 10.7 Å². The molecule has 0 heterocycles. The first-order valence-electron chi connectivity index (χ1n) is 5.83. The van der Waals surface area contributed by atoms with Crippen molar-refractivity contribution >= 4 is 11.6 Å². The van der Waals surface area contributed by atoms with Gasteiger partial charge in [-0.3, -0.25) is 4.99 Å². The number of anilines is 1. The second-order valence-electron chi connectivity index (χ2n) is 3.82. The minimum absolute atomic E-state index is 0.234. The summed E-state index contributed by atoms with van der Waals surface area (Å²) in [5, 5.41) is 2.78. The molecule has 0 aromatic heterocycles. The number of unbranched alkanes of at least 4 members (excludes halogenated alkanes) is 1. The van der Waals surface area contributed by atoms with E-state index in [-0.39, 0.29) is 11.7 Å². The zero-order chi connectivity index (χ0) is 14.3. The van der Waals surface area contributed by atoms with Crippen molar-refractivity contribution in [1.29, 1.82) is 0 Å². The van der Waals surface area contributed by atoms with Gasteiger partial charge in [0.1, 0.15) is 5.75 Å². The molecule has 0 saturated heterocycles. The number of ether oxygens (including phenoxy) is 1. The number of hydrogen-bond donors (Lipinski definition) is 2. The van der Waals surface area contributed by atoms with Crippen molar-refractivity contribution in [3.8, 4) is 5.75 Å². The molecule has 1 aromatic carbocycles. The first-order valence-corrected chi connectivity index (χ1v) is 5.83. The van der Waals surface area contributed by atoms with E-state index in [0.717, 1.165) is 12.8 Å². The largest absolute Gasteiger partial charge is 0.573 e. The third-order valence-corrected chi connectivity index (χ3v) is 2.15. The minimum atomic E-state index is -4.68. The van der Waals surface area contributed by atoms with E-state index in [2.05, 4.69) is 15.0 Å². The lowest BCUT2D eigenvalue weighted by Gasteiger charge is -2.10. The Morgan fingerprint density at radius 3 is 2.47 bits per heavy atom. The highest BCUT2D eigenvalue weighted by molar-refractivity contribution is 5.92. The fourth-order valence-corrected chi connectivity index (χ4v) is 1.28. The molecule has 0 unspecified atom stereocenters. The highest BCUT2D eigenvalue weighted by Gasteiger charge is 2.30. The van der Waals surface area contributed by atoms with Crippen molar-refractivity contribution in [3.63, 3.8) is 0 Å². The zero-order valence-corrected chi connectivity index (χ0v) is 10.5. The van der Waals surface area contributed by atoms with Crippen LogP contribution in [0.5, 0.6) is 5.75 Å². The van der Waals surface area contributed by atoms with Crippen LogP contribution in [0.4, 0.5) is 18.9 Å². The lowest BCUT2D eigenvalue weighted by atomic mass is 10.3. The van der Waals surface area contributed by atoms with E-state index >= 15 is 0 Å². The molecule has 4 nitrogen and oxygen atoms in total. The van der Waals surface area contributed by atoms with Crippen LogP contribution in [0.15, 0.2) is 29.3 Å². The number of nitrogens with one attached hydrogen (secondary N) is 1. The number of guanidine groups is 1. The third kappa shape index (κ3) is 6.54. The molecule has 0 bridgehead atoms. The number of rotatable bonds is 5. The highest BCUT2D eigenvalue weighted by Crippen LogP contribution is 2.23. The second kappa shape index (κ2) is 6.86. The Balaban J connectivity index is 2.54. The molecule has 1 rings (SSSR count). The predicted molar refractivity (Wildman–Crippen MR) is 68.1 cm³/mol. The Morgan fingerprint density at radius 2 is 1.95 bits per heavy atom. The van der Waals surface area contributed by atoms with Gasteiger partial charge in [-0.1, -0.05) is 13.3 Å². The molecule has 7 heteroatoms. The lowest BCUT2D eigenvalue weighted by molar-refractivity contribution is -0.274. The van der Waals surface area contributed by atoms with Gasteiger partial charge in [-0.05, 0) is 30.7 Å². The van der Waals surface area contributed by atoms with Crippen molar-refractivity contribution in [2.75, 3.05) is 11.9 Å². The molecule has 106 valence electrons. The number of nitrogens with two attached hydrogens (primary N) is 1. The number of hydrogen-bond acceptors (Lipinski definition) is 2. The first kappa shape index (κ1) is 15.1. The third-order valence-electron chi connectivity index (χ3n) is 2.15. The van der Waals surface area contributed by atoms with Gasteiger partial charge >= 0.3 is 6.36 Å². The van der Waals surface area contributed by atoms with Crippen LogP contribution in [0.2, 0.25) is 0 Å². The zero-order valence-electron chi connectivity index (χ0n) is 10.5. The van der Waals surface area contributed by atoms with E-state index in [4.69, 9.17) is 5.73 Å². The van der Waals surface area contributed by atoms with Gasteiger partial charge < -0.3 is 15.8 Å². The van der Waals surface area contributed by atoms with Gasteiger partial charge in [0.15, 0.2) is 5.96 Å². The molecular weight excluding hydrogens is 259 g/mol. The lowest BCUT2D eigenvalue weighted by Crippen LogP contribution is -2.23. The summed E-state index contributed by atoms with van der Waals surface area (Å²) < 4.78 is 39.6. The average Bonchev–Trinajstić information content (AvgIpc) is 2.30. The minimum Gasteiger partial charge on any atom is -0.406 e. The Hall–Kier alpha value is -1.92. The van der Waals surface area contributed by atoms with Crippen molar-refractivity contribution in [1.82, 2.24) is 0 Å². The summed E-state index contributed by atoms with van der Waals surface area (Å²) in [5.74, 6) is -0.0440. The molecule has 0 aliphatic heterocycles. The molecule has 1 aromatic rings. The van der Waals surface area contributed by atoms with Gasteiger partial charge in [0.2, 0.25) is 0 Å². The smallest absolute Gasteiger partial charge is 0.406 e. The molecule has 0 aliphatic carbocycles. The Labute approximate surface area is 109 Å². The maximum Gasteiger partial charge on any atom is 0.573 e. The van der Waals surface area contributed by atoms with Crippen LogP contribution in [-0.2, 0) is 0 Å². The van der Waals surface area contributed by atoms with Crippen molar-refractivity contribution in [2.45, 2.75) is 26.1 Å². The van der Waals surface area contributed by atoms with Gasteiger partial charge in [0, 0.05) is 12.2 Å². The Bertz CT molecular complexity index is 415. The van der Waals surface area contributed by atoms with Crippen molar-refractivity contribution < 1.29 is 17.9 Å². The van der Waals surface area contributed by atoms with Gasteiger partial charge in [-0.2, -0.15) is 0 Å². The molecule has 0 spiro atoms. The predicted octanol–water partition coefficient (Wildman–Crippen LogP) is 3.11. The summed E-state index contributed by atoms with van der Waals surface area (Å²) in [5.41, 5.74) is 6.16. The SMILES string of the molecule is CCCCN=C(N)Nc1ccc(OC(F)(F)F)cc1. The summed E-state index contributed by atoms with van der Waals surface area (Å²) in [4.78, 5) is 4.06. The topological polar surface area (TPSA) is 59.6 Å². The second-order valence-corrected chi connectivity index (χ2v) is 3.82. The monoisotopic (exact) mass is 275 g/mol. The van der Waals surface area contributed by atoms with Crippen LogP contribution in [0.25, 0.3) is 0 Å². The summed E-state index contributed by atoms with van der Waals surface area (Å²) in [6.45, 7) is 2.66. The normalized spacial score (nSPS) is 12.3. The van der Waals surface area contributed by atoms with Gasteiger partial charge in [-0.15, -0.1) is 13.2 Å². The van der Waals surface area contributed by atoms with Gasteiger partial charge in [0.05, 0.1) is 0 Å². The molecule has 0 radical (unpaired) electrons. The van der Waals surface area contributed by atoms with E-state index < -0.39 is 6.36 Å². The fraction of sp³-hybridized carbons (Fsp3) is 0.417. The average molecular weight is 275 g/mol. The molecule has 19 heavy (non-hydrogen) atoms. The molecule has 0 atom stereocenters. The Morgan fingerprint density at radius 1 is 1.32 bits per heavy atom. The fourth-order valence-electron chi connectivity index (χ4n) is 1.28. The van der Waals surface area contributed by atoms with Gasteiger partial charge in [-0.25, -0.2) is 0 Å². The van der Waals surface area contributed by atoms with Crippen LogP contribution in [0.1, 0.15) is 19.8 Å². The van der Waals surface area contributed by atoms with E-state index in [1.54, 1.807) is 0 Å². The summed E-state index contributed by atoms with van der Waals surface area (Å²) in [7, 11) is 0. The number of alkyl halides is 3. The maximum atomic E-state index is 11.9. The van der Waals surface area contributed by atoms with Crippen LogP contribution >= 0.6 is 0 Å². The number of halogens is 3.